The van der Waals surface area contributed by atoms with E-state index in [0.717, 1.165) is 37.6 Å². The van der Waals surface area contributed by atoms with Crippen molar-refractivity contribution in [3.63, 3.8) is 0 Å². The molecule has 0 saturated carbocycles. The Morgan fingerprint density at radius 3 is 2.62 bits per heavy atom. The third kappa shape index (κ3) is 5.57. The van der Waals surface area contributed by atoms with Gasteiger partial charge in [0, 0.05) is 43.6 Å². The Kier molecular flexibility index (Phi) is 6.73. The van der Waals surface area contributed by atoms with E-state index >= 15 is 0 Å². The summed E-state index contributed by atoms with van der Waals surface area (Å²) in [5.41, 5.74) is 0.418. The van der Waals surface area contributed by atoms with Crippen LogP contribution in [0.15, 0.2) is 24.3 Å². The molecule has 0 aromatic heterocycles. The monoisotopic (exact) mass is 443 g/mol. The fourth-order valence-corrected chi connectivity index (χ4v) is 5.43. The molecule has 6 heteroatoms. The third-order valence-corrected chi connectivity index (χ3v) is 6.81. The highest BCUT2D eigenvalue weighted by Crippen LogP contribution is 2.44. The Bertz CT molecular complexity index is 798. The molecule has 2 saturated heterocycles. The summed E-state index contributed by atoms with van der Waals surface area (Å²) < 4.78 is 12.2. The van der Waals surface area contributed by atoms with Gasteiger partial charge in [-0.15, -0.1) is 0 Å². The Hall–Kier alpha value is -1.79. The molecule has 3 aliphatic rings. The molecular formula is C26H41N3O3. The maximum absolute atomic E-state index is 12.7. The number of carbonyl (C=O) groups excluding carboxylic acids is 1. The minimum atomic E-state index is -0.485. The zero-order valence-electron chi connectivity index (χ0n) is 20.5. The van der Waals surface area contributed by atoms with E-state index in [1.54, 1.807) is 0 Å². The first kappa shape index (κ1) is 23.4. The molecule has 0 bridgehead atoms. The van der Waals surface area contributed by atoms with Crippen LogP contribution in [0.5, 0.6) is 5.75 Å². The zero-order chi connectivity index (χ0) is 22.9. The van der Waals surface area contributed by atoms with Crippen molar-refractivity contribution >= 4 is 6.09 Å². The minimum Gasteiger partial charge on any atom is -0.485 e. The molecule has 1 aromatic carbocycles. The van der Waals surface area contributed by atoms with Crippen LogP contribution in [0.25, 0.3) is 0 Å². The average Bonchev–Trinajstić information content (AvgIpc) is 3.11. The number of carbonyl (C=O) groups is 1. The molecule has 2 atom stereocenters. The number of rotatable bonds is 4. The maximum Gasteiger partial charge on any atom is 0.410 e. The van der Waals surface area contributed by atoms with E-state index in [1.807, 2.05) is 31.7 Å². The first-order chi connectivity index (χ1) is 15.1. The van der Waals surface area contributed by atoms with Gasteiger partial charge >= 0.3 is 6.09 Å². The second-order valence-electron chi connectivity index (χ2n) is 11.4. The fraction of sp³-hybridized carbons (Fsp3) is 0.731. The summed E-state index contributed by atoms with van der Waals surface area (Å²) >= 11 is 0. The van der Waals surface area contributed by atoms with Crippen molar-refractivity contribution in [1.29, 1.82) is 0 Å². The largest absolute Gasteiger partial charge is 0.485 e. The molecule has 1 N–H and O–H groups in total. The van der Waals surface area contributed by atoms with Crippen LogP contribution in [0.4, 0.5) is 4.79 Å². The average molecular weight is 444 g/mol. The summed E-state index contributed by atoms with van der Waals surface area (Å²) in [6, 6.07) is 9.18. The molecule has 2 fully saturated rings. The van der Waals surface area contributed by atoms with Crippen LogP contribution in [0, 0.1) is 5.92 Å². The number of amides is 1. The SMILES string of the molecule is CC(C)CN1CCC(N[C@H]2C[C@]3(CCN(C(=O)OC(C)(C)C)C3)Oc3ccccc32)CC1. The van der Waals surface area contributed by atoms with Crippen molar-refractivity contribution in [3.05, 3.63) is 29.8 Å². The molecule has 178 valence electrons. The van der Waals surface area contributed by atoms with Crippen LogP contribution in [0.2, 0.25) is 0 Å². The predicted octanol–water partition coefficient (Wildman–Crippen LogP) is 4.60. The van der Waals surface area contributed by atoms with Gasteiger partial charge in [-0.1, -0.05) is 32.0 Å². The van der Waals surface area contributed by atoms with Gasteiger partial charge in [0.25, 0.3) is 0 Å². The predicted molar refractivity (Wildman–Crippen MR) is 127 cm³/mol. The standard InChI is InChI=1S/C26H41N3O3/c1-19(2)17-28-13-10-20(11-14-28)27-22-16-26(31-23-9-7-6-8-21(22)23)12-15-29(18-26)24(30)32-25(3,4)5/h6-9,19-20,22,27H,10-18H2,1-5H3/t22-,26-/m0/s1. The molecule has 0 radical (unpaired) electrons. The lowest BCUT2D eigenvalue weighted by atomic mass is 9.85. The van der Waals surface area contributed by atoms with Crippen molar-refractivity contribution < 1.29 is 14.3 Å². The number of nitrogens with zero attached hydrogens (tertiary/aromatic N) is 2. The van der Waals surface area contributed by atoms with E-state index in [1.165, 1.54) is 24.9 Å². The smallest absolute Gasteiger partial charge is 0.410 e. The van der Waals surface area contributed by atoms with Crippen LogP contribution in [-0.4, -0.2) is 65.9 Å². The van der Waals surface area contributed by atoms with Crippen molar-refractivity contribution in [2.45, 2.75) is 83.6 Å². The first-order valence-corrected chi connectivity index (χ1v) is 12.4. The van der Waals surface area contributed by atoms with E-state index in [0.29, 0.717) is 19.1 Å². The van der Waals surface area contributed by atoms with Crippen molar-refractivity contribution in [2.75, 3.05) is 32.7 Å². The van der Waals surface area contributed by atoms with Crippen LogP contribution >= 0.6 is 0 Å². The highest BCUT2D eigenvalue weighted by atomic mass is 16.6. The highest BCUT2D eigenvalue weighted by Gasteiger charge is 2.48. The summed E-state index contributed by atoms with van der Waals surface area (Å²) in [5.74, 6) is 1.68. The summed E-state index contributed by atoms with van der Waals surface area (Å²) in [7, 11) is 0. The van der Waals surface area contributed by atoms with Gasteiger partial charge in [-0.3, -0.25) is 0 Å². The molecular weight excluding hydrogens is 402 g/mol. The zero-order valence-corrected chi connectivity index (χ0v) is 20.5. The Labute approximate surface area is 193 Å². The molecule has 3 aliphatic heterocycles. The molecule has 3 heterocycles. The number of hydrogen-bond donors (Lipinski definition) is 1. The number of likely N-dealkylation sites (tertiary alicyclic amines) is 2. The third-order valence-electron chi connectivity index (χ3n) is 6.81. The lowest BCUT2D eigenvalue weighted by molar-refractivity contribution is 0.0115. The van der Waals surface area contributed by atoms with Crippen molar-refractivity contribution in [3.8, 4) is 5.75 Å². The minimum absolute atomic E-state index is 0.237. The van der Waals surface area contributed by atoms with Gasteiger partial charge in [0.05, 0.1) is 6.54 Å². The van der Waals surface area contributed by atoms with E-state index in [4.69, 9.17) is 9.47 Å². The van der Waals surface area contributed by atoms with Gasteiger partial charge in [0.15, 0.2) is 0 Å². The van der Waals surface area contributed by atoms with E-state index in [2.05, 4.69) is 42.3 Å². The summed E-state index contributed by atoms with van der Waals surface area (Å²) in [5, 5.41) is 3.98. The van der Waals surface area contributed by atoms with Gasteiger partial charge in [0.1, 0.15) is 17.0 Å². The molecule has 0 aliphatic carbocycles. The summed E-state index contributed by atoms with van der Waals surface area (Å²) in [6.45, 7) is 15.1. The maximum atomic E-state index is 12.7. The van der Waals surface area contributed by atoms with E-state index < -0.39 is 5.60 Å². The van der Waals surface area contributed by atoms with Crippen LogP contribution < -0.4 is 10.1 Å². The Morgan fingerprint density at radius 1 is 1.22 bits per heavy atom. The molecule has 32 heavy (non-hydrogen) atoms. The van der Waals surface area contributed by atoms with Gasteiger partial charge in [0.2, 0.25) is 0 Å². The fourth-order valence-electron chi connectivity index (χ4n) is 5.43. The summed E-state index contributed by atoms with van der Waals surface area (Å²) in [4.78, 5) is 17.1. The first-order valence-electron chi connectivity index (χ1n) is 12.4. The number of benzene rings is 1. The number of nitrogens with one attached hydrogen (secondary N) is 1. The highest BCUT2D eigenvalue weighted by molar-refractivity contribution is 5.68. The van der Waals surface area contributed by atoms with Gasteiger partial charge in [-0.05, 0) is 58.7 Å². The lowest BCUT2D eigenvalue weighted by Gasteiger charge is -2.42. The quantitative estimate of drug-likeness (QED) is 0.737. The number of ether oxygens (including phenoxy) is 2. The molecule has 4 rings (SSSR count). The number of para-hydroxylation sites is 1. The van der Waals surface area contributed by atoms with Gasteiger partial charge in [-0.25, -0.2) is 4.79 Å². The van der Waals surface area contributed by atoms with Crippen LogP contribution in [0.1, 0.15) is 71.9 Å². The summed E-state index contributed by atoms with van der Waals surface area (Å²) in [6.07, 6.45) is 3.85. The van der Waals surface area contributed by atoms with Crippen LogP contribution in [-0.2, 0) is 4.74 Å². The van der Waals surface area contributed by atoms with Crippen molar-refractivity contribution in [1.82, 2.24) is 15.1 Å². The lowest BCUT2D eigenvalue weighted by Crippen LogP contribution is -2.50. The normalized spacial score (nSPS) is 26.9. The Balaban J connectivity index is 1.43. The van der Waals surface area contributed by atoms with E-state index in [-0.39, 0.29) is 17.7 Å². The number of piperidine rings is 1. The molecule has 1 spiro atoms. The number of hydrogen-bond acceptors (Lipinski definition) is 5. The molecule has 6 nitrogen and oxygen atoms in total. The molecule has 1 aromatic rings. The van der Waals surface area contributed by atoms with Crippen molar-refractivity contribution in [2.24, 2.45) is 5.92 Å². The molecule has 0 unspecified atom stereocenters. The molecule has 1 amide bonds. The number of fused-ring (bicyclic) bond motifs is 1. The Morgan fingerprint density at radius 2 is 1.94 bits per heavy atom. The second kappa shape index (κ2) is 9.22. The van der Waals surface area contributed by atoms with Gasteiger partial charge in [-0.2, -0.15) is 0 Å². The van der Waals surface area contributed by atoms with E-state index in [9.17, 15) is 4.79 Å². The van der Waals surface area contributed by atoms with Crippen LogP contribution in [0.3, 0.4) is 0 Å². The topological polar surface area (TPSA) is 54.0 Å². The van der Waals surface area contributed by atoms with Gasteiger partial charge < -0.3 is 24.6 Å². The second-order valence-corrected chi connectivity index (χ2v) is 11.4.